The van der Waals surface area contributed by atoms with Crippen LogP contribution in [0, 0.1) is 6.92 Å². The Morgan fingerprint density at radius 3 is 3.00 bits per heavy atom. The smallest absolute Gasteiger partial charge is 0.411 e. The van der Waals surface area contributed by atoms with E-state index >= 15 is 0 Å². The number of methoxy groups -OCH3 is 1. The van der Waals surface area contributed by atoms with Crippen molar-refractivity contribution in [2.24, 2.45) is 0 Å². The topological polar surface area (TPSA) is 69.0 Å². The van der Waals surface area contributed by atoms with E-state index in [4.69, 9.17) is 0 Å². The van der Waals surface area contributed by atoms with Gasteiger partial charge in [-0.3, -0.25) is 10.3 Å². The molecule has 0 unspecified atom stereocenters. The molecule has 1 N–H and O–H groups in total. The van der Waals surface area contributed by atoms with E-state index in [0.717, 1.165) is 5.69 Å². The molecule has 0 spiro atoms. The van der Waals surface area contributed by atoms with Crippen molar-refractivity contribution < 1.29 is 9.53 Å². The molecular weight excluding hydrogens is 220 g/mol. The van der Waals surface area contributed by atoms with Crippen molar-refractivity contribution in [3.05, 3.63) is 36.4 Å². The minimum atomic E-state index is -0.515. The van der Waals surface area contributed by atoms with E-state index in [1.165, 1.54) is 7.11 Å². The van der Waals surface area contributed by atoms with Crippen LogP contribution < -0.4 is 5.32 Å². The van der Waals surface area contributed by atoms with E-state index in [1.54, 1.807) is 30.2 Å². The highest BCUT2D eigenvalue weighted by atomic mass is 16.5. The van der Waals surface area contributed by atoms with E-state index < -0.39 is 6.09 Å². The number of carbonyl (C=O) groups excluding carboxylic acids is 1. The number of aryl methyl sites for hydroxylation is 1. The maximum Gasteiger partial charge on any atom is 0.411 e. The number of rotatable bonds is 2. The molecule has 2 aromatic rings. The second-order valence-electron chi connectivity index (χ2n) is 3.40. The Morgan fingerprint density at radius 1 is 1.53 bits per heavy atom. The van der Waals surface area contributed by atoms with Gasteiger partial charge in [-0.05, 0) is 19.1 Å². The van der Waals surface area contributed by atoms with Crippen LogP contribution in [-0.4, -0.2) is 28.0 Å². The maximum absolute atomic E-state index is 11.1. The predicted molar refractivity (Wildman–Crippen MR) is 62.1 cm³/mol. The van der Waals surface area contributed by atoms with Gasteiger partial charge in [0, 0.05) is 6.20 Å². The van der Waals surface area contributed by atoms with E-state index in [1.807, 2.05) is 12.1 Å². The number of hydrogen-bond donors (Lipinski definition) is 1. The molecule has 0 saturated heterocycles. The number of carbonyl (C=O) groups is 1. The van der Waals surface area contributed by atoms with Crippen LogP contribution in [0.5, 0.6) is 0 Å². The summed E-state index contributed by atoms with van der Waals surface area (Å²) in [5, 5.41) is 6.86. The third-order valence-corrected chi connectivity index (χ3v) is 2.23. The van der Waals surface area contributed by atoms with Crippen molar-refractivity contribution in [2.75, 3.05) is 12.4 Å². The number of anilines is 1. The molecule has 2 rings (SSSR count). The molecule has 1 amide bonds. The summed E-state index contributed by atoms with van der Waals surface area (Å²) < 4.78 is 6.17. The number of aromatic nitrogens is 3. The summed E-state index contributed by atoms with van der Waals surface area (Å²) in [6.45, 7) is 1.80. The van der Waals surface area contributed by atoms with E-state index in [9.17, 15) is 4.79 Å². The molecule has 0 radical (unpaired) electrons. The van der Waals surface area contributed by atoms with Gasteiger partial charge in [-0.2, -0.15) is 5.10 Å². The molecule has 0 aliphatic carbocycles. The lowest BCUT2D eigenvalue weighted by atomic mass is 10.4. The first-order valence-electron chi connectivity index (χ1n) is 5.02. The second kappa shape index (κ2) is 4.65. The van der Waals surface area contributed by atoms with Crippen LogP contribution in [-0.2, 0) is 4.74 Å². The van der Waals surface area contributed by atoms with Crippen LogP contribution in [0.2, 0.25) is 0 Å². The van der Waals surface area contributed by atoms with Gasteiger partial charge in [0.15, 0.2) is 0 Å². The van der Waals surface area contributed by atoms with Crippen LogP contribution in [0.25, 0.3) is 5.69 Å². The first kappa shape index (κ1) is 11.1. The van der Waals surface area contributed by atoms with Crippen LogP contribution in [0.1, 0.15) is 5.69 Å². The Balaban J connectivity index is 2.28. The summed E-state index contributed by atoms with van der Waals surface area (Å²) in [7, 11) is 1.32. The Labute approximate surface area is 98.2 Å². The van der Waals surface area contributed by atoms with Gasteiger partial charge in [-0.1, -0.05) is 0 Å². The maximum atomic E-state index is 11.1. The van der Waals surface area contributed by atoms with Gasteiger partial charge in [0.1, 0.15) is 0 Å². The molecule has 0 bridgehead atoms. The van der Waals surface area contributed by atoms with E-state index in [2.05, 4.69) is 20.1 Å². The zero-order valence-corrected chi connectivity index (χ0v) is 9.54. The zero-order chi connectivity index (χ0) is 12.3. The normalized spacial score (nSPS) is 10.0. The number of nitrogens with zero attached hydrogens (tertiary/aromatic N) is 3. The molecule has 0 saturated carbocycles. The van der Waals surface area contributed by atoms with Crippen molar-refractivity contribution in [1.82, 2.24) is 14.8 Å². The summed E-state index contributed by atoms with van der Waals surface area (Å²) >= 11 is 0. The Hall–Kier alpha value is -2.37. The first-order valence-corrected chi connectivity index (χ1v) is 5.02. The average Bonchev–Trinajstić information content (AvgIpc) is 2.72. The molecule has 6 heteroatoms. The van der Waals surface area contributed by atoms with Gasteiger partial charge < -0.3 is 4.74 Å². The molecular formula is C11H12N4O2. The Morgan fingerprint density at radius 2 is 2.35 bits per heavy atom. The van der Waals surface area contributed by atoms with Crippen molar-refractivity contribution in [1.29, 1.82) is 0 Å². The molecule has 6 nitrogen and oxygen atoms in total. The Kier molecular flexibility index (Phi) is 3.04. The van der Waals surface area contributed by atoms with E-state index in [0.29, 0.717) is 11.4 Å². The molecule has 0 aromatic carbocycles. The minimum absolute atomic E-state index is 0.515. The molecule has 2 heterocycles. The number of amides is 1. The van der Waals surface area contributed by atoms with Gasteiger partial charge in [0.05, 0.1) is 36.6 Å². The third-order valence-electron chi connectivity index (χ3n) is 2.23. The van der Waals surface area contributed by atoms with Crippen LogP contribution in [0.3, 0.4) is 0 Å². The van der Waals surface area contributed by atoms with Crippen molar-refractivity contribution in [2.45, 2.75) is 6.92 Å². The number of hydrogen-bond acceptors (Lipinski definition) is 4. The van der Waals surface area contributed by atoms with Crippen molar-refractivity contribution >= 4 is 11.8 Å². The summed E-state index contributed by atoms with van der Waals surface area (Å²) in [6, 6.07) is 3.70. The summed E-state index contributed by atoms with van der Waals surface area (Å²) in [4.78, 5) is 15.1. The van der Waals surface area contributed by atoms with Crippen molar-refractivity contribution in [3.8, 4) is 5.69 Å². The van der Waals surface area contributed by atoms with Gasteiger partial charge in [-0.25, -0.2) is 9.48 Å². The lowest BCUT2D eigenvalue weighted by molar-refractivity contribution is 0.187. The predicted octanol–water partition coefficient (Wildman–Crippen LogP) is 1.75. The monoisotopic (exact) mass is 232 g/mol. The fraction of sp³-hybridized carbons (Fsp3) is 0.182. The Bertz CT molecular complexity index is 522. The molecule has 0 aliphatic rings. The van der Waals surface area contributed by atoms with Gasteiger partial charge in [0.2, 0.25) is 0 Å². The fourth-order valence-corrected chi connectivity index (χ4v) is 1.37. The van der Waals surface area contributed by atoms with Crippen LogP contribution in [0.4, 0.5) is 10.5 Å². The second-order valence-corrected chi connectivity index (χ2v) is 3.40. The molecule has 0 atom stereocenters. The molecule has 88 valence electrons. The van der Waals surface area contributed by atoms with Gasteiger partial charge in [0.25, 0.3) is 0 Å². The third kappa shape index (κ3) is 2.41. The van der Waals surface area contributed by atoms with Crippen molar-refractivity contribution in [3.63, 3.8) is 0 Å². The summed E-state index contributed by atoms with van der Waals surface area (Å²) in [6.07, 6.45) is 4.57. The standard InChI is InChI=1S/C11H12N4O2/c1-8-10(13-11(16)17-2)7-15(14-8)9-4-3-5-12-6-9/h3-7H,1-2H3,(H,13,16). The lowest BCUT2D eigenvalue weighted by Crippen LogP contribution is -2.11. The highest BCUT2D eigenvalue weighted by Crippen LogP contribution is 2.15. The summed E-state index contributed by atoms with van der Waals surface area (Å²) in [5.41, 5.74) is 2.15. The van der Waals surface area contributed by atoms with Gasteiger partial charge >= 0.3 is 6.09 Å². The highest BCUT2D eigenvalue weighted by molar-refractivity contribution is 5.85. The van der Waals surface area contributed by atoms with Crippen LogP contribution >= 0.6 is 0 Å². The molecule has 0 fully saturated rings. The zero-order valence-electron chi connectivity index (χ0n) is 9.54. The fourth-order valence-electron chi connectivity index (χ4n) is 1.37. The van der Waals surface area contributed by atoms with Crippen LogP contribution in [0.15, 0.2) is 30.7 Å². The molecule has 17 heavy (non-hydrogen) atoms. The highest BCUT2D eigenvalue weighted by Gasteiger charge is 2.09. The quantitative estimate of drug-likeness (QED) is 0.856. The molecule has 0 aliphatic heterocycles. The number of nitrogens with one attached hydrogen (secondary N) is 1. The number of ether oxygens (including phenoxy) is 1. The van der Waals surface area contributed by atoms with Gasteiger partial charge in [-0.15, -0.1) is 0 Å². The minimum Gasteiger partial charge on any atom is -0.453 e. The lowest BCUT2D eigenvalue weighted by Gasteiger charge is -2.00. The number of pyridine rings is 1. The summed E-state index contributed by atoms with van der Waals surface area (Å²) in [5.74, 6) is 0. The SMILES string of the molecule is COC(=O)Nc1cn(-c2cccnc2)nc1C. The average molecular weight is 232 g/mol. The first-order chi connectivity index (χ1) is 8.20. The van der Waals surface area contributed by atoms with E-state index in [-0.39, 0.29) is 0 Å². The molecule has 2 aromatic heterocycles. The largest absolute Gasteiger partial charge is 0.453 e.